The van der Waals surface area contributed by atoms with Crippen molar-refractivity contribution >= 4 is 43.5 Å². The summed E-state index contributed by atoms with van der Waals surface area (Å²) in [5.41, 5.74) is 0.472. The maximum absolute atomic E-state index is 13.7. The molecule has 0 radical (unpaired) electrons. The van der Waals surface area contributed by atoms with Crippen molar-refractivity contribution in [3.8, 4) is 0 Å². The summed E-state index contributed by atoms with van der Waals surface area (Å²) in [5, 5.41) is 0. The van der Waals surface area contributed by atoms with Crippen LogP contribution in [0.4, 0.5) is 5.69 Å². The van der Waals surface area contributed by atoms with E-state index in [4.69, 9.17) is 0 Å². The summed E-state index contributed by atoms with van der Waals surface area (Å²) in [7, 11) is -3.95. The molecule has 0 spiro atoms. The molecule has 2 fully saturated rings. The number of nitrogens with zero attached hydrogens (tertiary/aromatic N) is 2. The van der Waals surface area contributed by atoms with Crippen LogP contribution in [0.1, 0.15) is 38.5 Å². The number of carbonyl (C=O) groups excluding carboxylic acids is 2. The lowest BCUT2D eigenvalue weighted by Gasteiger charge is -2.36. The molecular formula is C22H23BrN2O4S. The Hall–Kier alpha value is -2.03. The second kappa shape index (κ2) is 8.61. The van der Waals surface area contributed by atoms with E-state index in [9.17, 15) is 18.0 Å². The van der Waals surface area contributed by atoms with Crippen LogP contribution in [0.5, 0.6) is 0 Å². The van der Waals surface area contributed by atoms with Crippen molar-refractivity contribution in [2.24, 2.45) is 0 Å². The highest BCUT2D eigenvalue weighted by Gasteiger charge is 2.49. The van der Waals surface area contributed by atoms with E-state index in [1.54, 1.807) is 42.5 Å². The van der Waals surface area contributed by atoms with Gasteiger partial charge < -0.3 is 0 Å². The number of para-hydroxylation sites is 1. The molecule has 158 valence electrons. The van der Waals surface area contributed by atoms with Crippen molar-refractivity contribution < 1.29 is 18.0 Å². The van der Waals surface area contributed by atoms with Crippen LogP contribution < -0.4 is 4.90 Å². The lowest BCUT2D eigenvalue weighted by atomic mass is 9.94. The highest BCUT2D eigenvalue weighted by Crippen LogP contribution is 2.35. The van der Waals surface area contributed by atoms with Crippen LogP contribution in [0.25, 0.3) is 0 Å². The van der Waals surface area contributed by atoms with Crippen molar-refractivity contribution in [1.29, 1.82) is 0 Å². The Bertz CT molecular complexity index is 1030. The standard InChI is InChI=1S/C22H23BrN2O4S/c23-16-11-13-19(14-12-16)30(28,29)25(18-9-5-2-6-10-18)20-15-21(26)24(22(20)27)17-7-3-1-4-8-17/h1,3-4,7-8,11-14,18,20H,2,5-6,9-10,15H2. The number of hydrogen-bond donors (Lipinski definition) is 0. The Labute approximate surface area is 185 Å². The van der Waals surface area contributed by atoms with Crippen LogP contribution >= 0.6 is 15.9 Å². The molecule has 2 amide bonds. The minimum absolute atomic E-state index is 0.134. The van der Waals surface area contributed by atoms with Gasteiger partial charge in [0.05, 0.1) is 17.0 Å². The van der Waals surface area contributed by atoms with Gasteiger partial charge in [0.25, 0.3) is 5.91 Å². The molecule has 2 aliphatic rings. The van der Waals surface area contributed by atoms with E-state index in [1.165, 1.54) is 16.4 Å². The van der Waals surface area contributed by atoms with Gasteiger partial charge in [-0.25, -0.2) is 13.3 Å². The van der Waals surface area contributed by atoms with Crippen molar-refractivity contribution in [3.63, 3.8) is 0 Å². The second-order valence-electron chi connectivity index (χ2n) is 7.70. The third-order valence-corrected chi connectivity index (χ3v) is 8.27. The number of sulfonamides is 1. The molecule has 6 nitrogen and oxygen atoms in total. The Morgan fingerprint density at radius 1 is 0.900 bits per heavy atom. The molecule has 1 unspecified atom stereocenters. The number of carbonyl (C=O) groups is 2. The van der Waals surface area contributed by atoms with Gasteiger partial charge in [-0.05, 0) is 49.2 Å². The average Bonchev–Trinajstić information content (AvgIpc) is 3.03. The summed E-state index contributed by atoms with van der Waals surface area (Å²) < 4.78 is 29.4. The number of imide groups is 1. The Morgan fingerprint density at radius 2 is 1.53 bits per heavy atom. The largest absolute Gasteiger partial charge is 0.274 e. The van der Waals surface area contributed by atoms with E-state index in [2.05, 4.69) is 15.9 Å². The number of amides is 2. The van der Waals surface area contributed by atoms with Gasteiger partial charge in [-0.3, -0.25) is 9.59 Å². The van der Waals surface area contributed by atoms with Gasteiger partial charge in [-0.1, -0.05) is 53.4 Å². The summed E-state index contributed by atoms with van der Waals surface area (Å²) in [6.45, 7) is 0. The molecular weight excluding hydrogens is 468 g/mol. The first kappa shape index (κ1) is 21.2. The fraction of sp³-hybridized carbons (Fsp3) is 0.364. The summed E-state index contributed by atoms with van der Waals surface area (Å²) in [6.07, 6.45) is 4.12. The molecule has 30 heavy (non-hydrogen) atoms. The Balaban J connectivity index is 1.74. The minimum Gasteiger partial charge on any atom is -0.274 e. The molecule has 0 aromatic heterocycles. The number of hydrogen-bond acceptors (Lipinski definition) is 4. The summed E-state index contributed by atoms with van der Waals surface area (Å²) in [6, 6.07) is 13.8. The van der Waals surface area contributed by atoms with Crippen LogP contribution in [-0.2, 0) is 19.6 Å². The zero-order valence-corrected chi connectivity index (χ0v) is 18.8. The third-order valence-electron chi connectivity index (χ3n) is 5.77. The SMILES string of the molecule is O=C1CC(N(C2CCCCC2)S(=O)(=O)c2ccc(Br)cc2)C(=O)N1c1ccccc1. The van der Waals surface area contributed by atoms with Gasteiger partial charge in [-0.15, -0.1) is 0 Å². The monoisotopic (exact) mass is 490 g/mol. The molecule has 1 saturated heterocycles. The molecule has 0 N–H and O–H groups in total. The van der Waals surface area contributed by atoms with Crippen LogP contribution in [-0.4, -0.2) is 36.6 Å². The topological polar surface area (TPSA) is 74.8 Å². The van der Waals surface area contributed by atoms with Crippen LogP contribution in [0, 0.1) is 0 Å². The molecule has 1 heterocycles. The average molecular weight is 491 g/mol. The maximum Gasteiger partial charge on any atom is 0.252 e. The first-order valence-electron chi connectivity index (χ1n) is 10.1. The predicted octanol–water partition coefficient (Wildman–Crippen LogP) is 4.10. The van der Waals surface area contributed by atoms with Gasteiger partial charge in [0.15, 0.2) is 0 Å². The van der Waals surface area contributed by atoms with E-state index in [0.717, 1.165) is 28.6 Å². The fourth-order valence-electron chi connectivity index (χ4n) is 4.35. The lowest BCUT2D eigenvalue weighted by Crippen LogP contribution is -2.51. The van der Waals surface area contributed by atoms with E-state index in [-0.39, 0.29) is 23.3 Å². The van der Waals surface area contributed by atoms with Crippen LogP contribution in [0.2, 0.25) is 0 Å². The van der Waals surface area contributed by atoms with E-state index in [0.29, 0.717) is 18.5 Å². The molecule has 4 rings (SSSR count). The van der Waals surface area contributed by atoms with Crippen LogP contribution in [0.15, 0.2) is 64.0 Å². The smallest absolute Gasteiger partial charge is 0.252 e. The minimum atomic E-state index is -3.95. The van der Waals surface area contributed by atoms with Crippen molar-refractivity contribution in [2.45, 2.75) is 55.5 Å². The van der Waals surface area contributed by atoms with Crippen molar-refractivity contribution in [2.75, 3.05) is 4.90 Å². The van der Waals surface area contributed by atoms with Gasteiger partial charge in [0.1, 0.15) is 6.04 Å². The first-order chi connectivity index (χ1) is 14.4. The van der Waals surface area contributed by atoms with E-state index < -0.39 is 22.0 Å². The molecule has 8 heteroatoms. The Kier molecular flexibility index (Phi) is 6.09. The molecule has 0 bridgehead atoms. The molecule has 1 aliphatic carbocycles. The van der Waals surface area contributed by atoms with Gasteiger partial charge in [0.2, 0.25) is 15.9 Å². The first-order valence-corrected chi connectivity index (χ1v) is 12.3. The zero-order chi connectivity index (χ0) is 21.3. The van der Waals surface area contributed by atoms with E-state index >= 15 is 0 Å². The quantitative estimate of drug-likeness (QED) is 0.591. The van der Waals surface area contributed by atoms with Gasteiger partial charge >= 0.3 is 0 Å². The lowest BCUT2D eigenvalue weighted by molar-refractivity contribution is -0.122. The highest BCUT2D eigenvalue weighted by atomic mass is 79.9. The molecule has 1 saturated carbocycles. The highest BCUT2D eigenvalue weighted by molar-refractivity contribution is 9.10. The zero-order valence-electron chi connectivity index (χ0n) is 16.4. The maximum atomic E-state index is 13.7. The number of benzene rings is 2. The van der Waals surface area contributed by atoms with Gasteiger partial charge in [0, 0.05) is 10.5 Å². The molecule has 1 atom stereocenters. The van der Waals surface area contributed by atoms with Crippen molar-refractivity contribution in [1.82, 2.24) is 4.31 Å². The summed E-state index contributed by atoms with van der Waals surface area (Å²) in [4.78, 5) is 27.3. The molecule has 2 aromatic rings. The third kappa shape index (κ3) is 3.96. The summed E-state index contributed by atoms with van der Waals surface area (Å²) in [5.74, 6) is -0.847. The summed E-state index contributed by atoms with van der Waals surface area (Å²) >= 11 is 3.33. The predicted molar refractivity (Wildman–Crippen MR) is 117 cm³/mol. The van der Waals surface area contributed by atoms with Gasteiger partial charge in [-0.2, -0.15) is 4.31 Å². The number of halogens is 1. The van der Waals surface area contributed by atoms with Crippen molar-refractivity contribution in [3.05, 3.63) is 59.1 Å². The van der Waals surface area contributed by atoms with E-state index in [1.807, 2.05) is 0 Å². The number of rotatable bonds is 5. The second-order valence-corrected chi connectivity index (χ2v) is 10.5. The Morgan fingerprint density at radius 3 is 2.17 bits per heavy atom. The molecule has 1 aliphatic heterocycles. The number of anilines is 1. The normalized spacial score (nSPS) is 20.9. The van der Waals surface area contributed by atoms with Crippen LogP contribution in [0.3, 0.4) is 0 Å². The fourth-order valence-corrected chi connectivity index (χ4v) is 6.44. The molecule has 2 aromatic carbocycles.